The van der Waals surface area contributed by atoms with Crippen LogP contribution in [0.5, 0.6) is 0 Å². The Labute approximate surface area is 162 Å². The Morgan fingerprint density at radius 2 is 1.74 bits per heavy atom. The lowest BCUT2D eigenvalue weighted by Crippen LogP contribution is -2.39. The minimum atomic E-state index is -0.664. The molecule has 0 aliphatic heterocycles. The van der Waals surface area contributed by atoms with E-state index in [9.17, 15) is 14.4 Å². The molecule has 5 nitrogen and oxygen atoms in total. The lowest BCUT2D eigenvalue weighted by Gasteiger charge is -2.26. The molecule has 1 N–H and O–H groups in total. The second kappa shape index (κ2) is 8.95. The largest absolute Gasteiger partial charge is 0.452 e. The Kier molecular flexibility index (Phi) is 6.40. The first-order valence-electron chi connectivity index (χ1n) is 9.18. The van der Waals surface area contributed by atoms with Gasteiger partial charge >= 0.3 is 5.97 Å². The number of carbonyl (C=O) groups is 3. The van der Waals surface area contributed by atoms with Gasteiger partial charge in [0, 0.05) is 11.6 Å². The Bertz CT molecular complexity index is 807. The van der Waals surface area contributed by atoms with Crippen LogP contribution in [0, 0.1) is 5.92 Å². The van der Waals surface area contributed by atoms with Gasteiger partial charge in [0.05, 0.1) is 10.4 Å². The van der Waals surface area contributed by atoms with Crippen molar-refractivity contribution in [2.45, 2.75) is 38.6 Å². The molecule has 1 aromatic carbocycles. The van der Waals surface area contributed by atoms with Gasteiger partial charge in [0.2, 0.25) is 5.78 Å². The highest BCUT2D eigenvalue weighted by atomic mass is 32.1. The summed E-state index contributed by atoms with van der Waals surface area (Å²) in [6, 6.07) is 10.2. The van der Waals surface area contributed by atoms with Gasteiger partial charge in [-0.3, -0.25) is 9.59 Å². The molecule has 0 saturated heterocycles. The summed E-state index contributed by atoms with van der Waals surface area (Å²) < 4.78 is 5.16. The highest BCUT2D eigenvalue weighted by Crippen LogP contribution is 2.23. The van der Waals surface area contributed by atoms with Crippen LogP contribution in [0.25, 0.3) is 0 Å². The Morgan fingerprint density at radius 1 is 1.04 bits per heavy atom. The van der Waals surface area contributed by atoms with Crippen molar-refractivity contribution in [3.63, 3.8) is 0 Å². The van der Waals surface area contributed by atoms with Crippen molar-refractivity contribution in [2.24, 2.45) is 5.92 Å². The van der Waals surface area contributed by atoms with Crippen LogP contribution in [0.15, 0.2) is 41.8 Å². The van der Waals surface area contributed by atoms with E-state index in [1.165, 1.54) is 11.3 Å². The highest BCUT2D eigenvalue weighted by Gasteiger charge is 2.22. The number of hydrogen-bond acceptors (Lipinski definition) is 5. The first kappa shape index (κ1) is 19.3. The molecule has 142 valence electrons. The molecule has 0 spiro atoms. The lowest BCUT2D eigenvalue weighted by atomic mass is 9.87. The van der Waals surface area contributed by atoms with Gasteiger partial charge in [-0.25, -0.2) is 4.79 Å². The third kappa shape index (κ3) is 5.04. The summed E-state index contributed by atoms with van der Waals surface area (Å²) in [5.74, 6) is -0.486. The van der Waals surface area contributed by atoms with E-state index in [1.54, 1.807) is 36.4 Å². The number of carbonyl (C=O) groups excluding carboxylic acids is 3. The SMILES string of the molecule is CC1CCC(NC(=O)COC(=O)c2ccccc2C(=O)c2cccs2)CC1. The second-order valence-corrected chi connectivity index (χ2v) is 7.90. The maximum Gasteiger partial charge on any atom is 0.339 e. The molecule has 1 amide bonds. The predicted octanol–water partition coefficient (Wildman–Crippen LogP) is 3.83. The standard InChI is InChI=1S/C21H23NO4S/c1-14-8-10-15(11-9-14)22-19(23)13-26-21(25)17-6-3-2-5-16(17)20(24)18-7-4-12-27-18/h2-7,12,14-15H,8-11,13H2,1H3,(H,22,23). The first-order chi connectivity index (χ1) is 13.0. The van der Waals surface area contributed by atoms with Crippen molar-refractivity contribution in [1.29, 1.82) is 0 Å². The Balaban J connectivity index is 1.58. The van der Waals surface area contributed by atoms with Crippen LogP contribution in [0.3, 0.4) is 0 Å². The van der Waals surface area contributed by atoms with E-state index in [1.807, 2.05) is 5.38 Å². The quantitative estimate of drug-likeness (QED) is 0.606. The summed E-state index contributed by atoms with van der Waals surface area (Å²) in [6.45, 7) is 1.88. The number of benzene rings is 1. The monoisotopic (exact) mass is 385 g/mol. The molecule has 6 heteroatoms. The van der Waals surface area contributed by atoms with E-state index < -0.39 is 5.97 Å². The fourth-order valence-corrected chi connectivity index (χ4v) is 3.96. The molecule has 1 saturated carbocycles. The van der Waals surface area contributed by atoms with Crippen molar-refractivity contribution in [3.8, 4) is 0 Å². The highest BCUT2D eigenvalue weighted by molar-refractivity contribution is 7.12. The number of esters is 1. The molecule has 1 aliphatic carbocycles. The van der Waals surface area contributed by atoms with Gasteiger partial charge in [0.25, 0.3) is 5.91 Å². The second-order valence-electron chi connectivity index (χ2n) is 6.95. The van der Waals surface area contributed by atoms with Crippen LogP contribution in [0.4, 0.5) is 0 Å². The van der Waals surface area contributed by atoms with Crippen molar-refractivity contribution < 1.29 is 19.1 Å². The zero-order chi connectivity index (χ0) is 19.2. The molecule has 1 fully saturated rings. The molecular weight excluding hydrogens is 362 g/mol. The van der Waals surface area contributed by atoms with Gasteiger partial charge in [-0.05, 0) is 49.1 Å². The fourth-order valence-electron chi connectivity index (χ4n) is 3.28. The van der Waals surface area contributed by atoms with Crippen LogP contribution in [-0.4, -0.2) is 30.3 Å². The summed E-state index contributed by atoms with van der Waals surface area (Å²) in [7, 11) is 0. The molecule has 0 unspecified atom stereocenters. The average Bonchev–Trinajstić information content (AvgIpc) is 3.22. The van der Waals surface area contributed by atoms with Crippen LogP contribution >= 0.6 is 11.3 Å². The third-order valence-electron chi connectivity index (χ3n) is 4.85. The molecule has 0 radical (unpaired) electrons. The van der Waals surface area contributed by atoms with Gasteiger partial charge in [-0.15, -0.1) is 11.3 Å². The normalized spacial score (nSPS) is 19.3. The van der Waals surface area contributed by atoms with Gasteiger partial charge in [0.15, 0.2) is 6.61 Å². The van der Waals surface area contributed by atoms with Gasteiger partial charge in [-0.2, -0.15) is 0 Å². The van der Waals surface area contributed by atoms with E-state index in [-0.39, 0.29) is 35.5 Å². The summed E-state index contributed by atoms with van der Waals surface area (Å²) in [5.41, 5.74) is 0.460. The minimum absolute atomic E-state index is 0.153. The van der Waals surface area contributed by atoms with Crippen LogP contribution in [0.2, 0.25) is 0 Å². The summed E-state index contributed by atoms with van der Waals surface area (Å²) >= 11 is 1.32. The van der Waals surface area contributed by atoms with E-state index in [0.29, 0.717) is 10.8 Å². The van der Waals surface area contributed by atoms with Crippen molar-refractivity contribution >= 4 is 29.0 Å². The molecule has 0 bridgehead atoms. The Hall–Kier alpha value is -2.47. The molecule has 3 rings (SSSR count). The number of nitrogens with one attached hydrogen (secondary N) is 1. The Morgan fingerprint density at radius 3 is 2.41 bits per heavy atom. The van der Waals surface area contributed by atoms with Crippen LogP contribution < -0.4 is 5.32 Å². The zero-order valence-corrected chi connectivity index (χ0v) is 16.1. The molecule has 27 heavy (non-hydrogen) atoms. The number of hydrogen-bond donors (Lipinski definition) is 1. The number of ketones is 1. The molecule has 2 aromatic rings. The summed E-state index contributed by atoms with van der Waals surface area (Å²) in [4.78, 5) is 37.6. The van der Waals surface area contributed by atoms with Crippen molar-refractivity contribution in [3.05, 3.63) is 57.8 Å². The molecule has 1 heterocycles. The smallest absolute Gasteiger partial charge is 0.339 e. The maximum atomic E-state index is 12.6. The van der Waals surface area contributed by atoms with E-state index >= 15 is 0 Å². The van der Waals surface area contributed by atoms with E-state index in [2.05, 4.69) is 12.2 Å². The fraction of sp³-hybridized carbons (Fsp3) is 0.381. The third-order valence-corrected chi connectivity index (χ3v) is 5.72. The topological polar surface area (TPSA) is 72.5 Å². The lowest BCUT2D eigenvalue weighted by molar-refractivity contribution is -0.125. The van der Waals surface area contributed by atoms with Gasteiger partial charge < -0.3 is 10.1 Å². The van der Waals surface area contributed by atoms with Crippen LogP contribution in [0.1, 0.15) is 58.2 Å². The molecule has 1 aliphatic rings. The van der Waals surface area contributed by atoms with E-state index in [4.69, 9.17) is 4.74 Å². The first-order valence-corrected chi connectivity index (χ1v) is 10.1. The number of rotatable bonds is 6. The van der Waals surface area contributed by atoms with Crippen LogP contribution in [-0.2, 0) is 9.53 Å². The van der Waals surface area contributed by atoms with Crippen molar-refractivity contribution in [2.75, 3.05) is 6.61 Å². The molecule has 1 aromatic heterocycles. The molecule has 0 atom stereocenters. The summed E-state index contributed by atoms with van der Waals surface area (Å²) in [5, 5.41) is 4.73. The van der Waals surface area contributed by atoms with Crippen molar-refractivity contribution in [1.82, 2.24) is 5.32 Å². The predicted molar refractivity (Wildman–Crippen MR) is 104 cm³/mol. The summed E-state index contributed by atoms with van der Waals surface area (Å²) in [6.07, 6.45) is 4.11. The van der Waals surface area contributed by atoms with Gasteiger partial charge in [0.1, 0.15) is 0 Å². The number of thiophene rings is 1. The molecular formula is C21H23NO4S. The van der Waals surface area contributed by atoms with E-state index in [0.717, 1.165) is 25.7 Å². The van der Waals surface area contributed by atoms with Gasteiger partial charge in [-0.1, -0.05) is 31.2 Å². The number of amides is 1. The average molecular weight is 385 g/mol. The number of ether oxygens (including phenoxy) is 1. The minimum Gasteiger partial charge on any atom is -0.452 e. The maximum absolute atomic E-state index is 12.6. The zero-order valence-electron chi connectivity index (χ0n) is 15.3.